The Labute approximate surface area is 178 Å². The number of amides is 1. The van der Waals surface area contributed by atoms with Crippen LogP contribution in [0.2, 0.25) is 5.02 Å². The fraction of sp³-hybridized carbons (Fsp3) is 0.364. The Hall–Kier alpha value is -2.54. The van der Waals surface area contributed by atoms with E-state index in [0.29, 0.717) is 48.4 Å². The fourth-order valence-electron chi connectivity index (χ4n) is 3.87. The number of alkyl halides is 3. The van der Waals surface area contributed by atoms with Gasteiger partial charge in [-0.3, -0.25) is 9.78 Å². The number of benzene rings is 1. The molecule has 30 heavy (non-hydrogen) atoms. The van der Waals surface area contributed by atoms with Gasteiger partial charge in [-0.25, -0.2) is 0 Å². The highest BCUT2D eigenvalue weighted by molar-refractivity contribution is 6.30. The van der Waals surface area contributed by atoms with Crippen LogP contribution in [0, 0.1) is 0 Å². The Morgan fingerprint density at radius 2 is 1.87 bits per heavy atom. The van der Waals surface area contributed by atoms with Gasteiger partial charge in [-0.05, 0) is 73.9 Å². The third kappa shape index (κ3) is 5.14. The second kappa shape index (κ2) is 9.08. The van der Waals surface area contributed by atoms with E-state index in [4.69, 9.17) is 17.3 Å². The van der Waals surface area contributed by atoms with Crippen LogP contribution in [0.15, 0.2) is 47.7 Å². The molecule has 0 aliphatic heterocycles. The predicted molar refractivity (Wildman–Crippen MR) is 112 cm³/mol. The molecule has 1 saturated carbocycles. The summed E-state index contributed by atoms with van der Waals surface area (Å²) in [6.07, 6.45) is 0.150. The summed E-state index contributed by atoms with van der Waals surface area (Å²) in [6, 6.07) is 7.82. The van der Waals surface area contributed by atoms with E-state index in [0.717, 1.165) is 17.2 Å². The van der Waals surface area contributed by atoms with E-state index < -0.39 is 11.9 Å². The van der Waals surface area contributed by atoms with Gasteiger partial charge < -0.3 is 11.1 Å². The van der Waals surface area contributed by atoms with E-state index in [2.05, 4.69) is 10.3 Å². The quantitative estimate of drug-likeness (QED) is 0.548. The van der Waals surface area contributed by atoms with Crippen LogP contribution >= 0.6 is 11.6 Å². The molecule has 0 saturated heterocycles. The number of nitrogens with two attached hydrogens (primary N) is 1. The number of allylic oxidation sites excluding steroid dienone is 1. The van der Waals surface area contributed by atoms with E-state index in [9.17, 15) is 18.0 Å². The smallest absolute Gasteiger partial charge is 0.398 e. The maximum absolute atomic E-state index is 12.8. The molecule has 1 amide bonds. The van der Waals surface area contributed by atoms with Crippen LogP contribution < -0.4 is 11.1 Å². The summed E-state index contributed by atoms with van der Waals surface area (Å²) < 4.78 is 38.4. The normalized spacial score (nSPS) is 17.0. The second-order valence-electron chi connectivity index (χ2n) is 7.37. The van der Waals surface area contributed by atoms with Crippen molar-refractivity contribution in [1.29, 1.82) is 0 Å². The van der Waals surface area contributed by atoms with E-state index in [1.54, 1.807) is 24.3 Å². The molecule has 0 bridgehead atoms. The molecule has 8 heteroatoms. The van der Waals surface area contributed by atoms with E-state index in [1.807, 2.05) is 6.92 Å². The highest BCUT2D eigenvalue weighted by Gasteiger charge is 2.33. The van der Waals surface area contributed by atoms with Gasteiger partial charge in [-0.15, -0.1) is 0 Å². The van der Waals surface area contributed by atoms with Crippen molar-refractivity contribution in [2.45, 2.75) is 51.1 Å². The lowest BCUT2D eigenvalue weighted by Gasteiger charge is -2.27. The number of halogens is 4. The third-order valence-electron chi connectivity index (χ3n) is 5.44. The molecule has 1 fully saturated rings. The molecule has 0 unspecified atom stereocenters. The monoisotopic (exact) mass is 437 g/mol. The lowest BCUT2D eigenvalue weighted by molar-refractivity contribution is -0.141. The molecule has 160 valence electrons. The number of pyridine rings is 1. The maximum Gasteiger partial charge on any atom is 0.433 e. The van der Waals surface area contributed by atoms with E-state index >= 15 is 0 Å². The first-order valence-corrected chi connectivity index (χ1v) is 10.2. The average molecular weight is 438 g/mol. The van der Waals surface area contributed by atoms with E-state index in [1.165, 1.54) is 6.20 Å². The van der Waals surface area contributed by atoms with Crippen LogP contribution in [0.4, 0.5) is 24.5 Å². The number of carbonyl (C=O) groups is 1. The molecule has 1 aromatic heterocycles. The Morgan fingerprint density at radius 1 is 1.23 bits per heavy atom. The first-order chi connectivity index (χ1) is 14.2. The van der Waals surface area contributed by atoms with Crippen LogP contribution in [0.1, 0.15) is 56.2 Å². The van der Waals surface area contributed by atoms with Crippen LogP contribution in [-0.4, -0.2) is 10.9 Å². The molecule has 2 aromatic rings. The topological polar surface area (TPSA) is 68.0 Å². The summed E-state index contributed by atoms with van der Waals surface area (Å²) >= 11 is 5.87. The minimum absolute atomic E-state index is 0.0287. The Bertz CT molecular complexity index is 945. The number of carbonyl (C=O) groups excluding carboxylic acids is 1. The Kier molecular flexibility index (Phi) is 6.71. The third-order valence-corrected chi connectivity index (χ3v) is 5.70. The number of nitrogens with zero attached hydrogens (tertiary/aromatic N) is 1. The van der Waals surface area contributed by atoms with Crippen molar-refractivity contribution in [3.05, 3.63) is 64.0 Å². The largest absolute Gasteiger partial charge is 0.433 e. The highest BCUT2D eigenvalue weighted by atomic mass is 35.5. The zero-order valence-corrected chi connectivity index (χ0v) is 17.3. The van der Waals surface area contributed by atoms with Gasteiger partial charge in [0.1, 0.15) is 5.69 Å². The molecule has 0 atom stereocenters. The van der Waals surface area contributed by atoms with Crippen molar-refractivity contribution < 1.29 is 18.0 Å². The summed E-state index contributed by atoms with van der Waals surface area (Å²) in [4.78, 5) is 16.3. The lowest BCUT2D eigenvalue weighted by atomic mass is 9.79. The number of rotatable bonds is 4. The van der Waals surface area contributed by atoms with Crippen LogP contribution in [-0.2, 0) is 11.0 Å². The number of nitrogens with one attached hydrogen (secondary N) is 1. The van der Waals surface area contributed by atoms with Gasteiger partial charge in [-0.2, -0.15) is 13.2 Å². The standard InChI is InChI=1S/C22H23ClF3N3O/c1-2-17(21(30)29-16-9-7-15(23)8-10-16)13-3-5-14(6-4-13)18-12-28-20(11-19(18)27)22(24,25)26/h7-12,14H,2-6H2,1H3,(H2,27,28)(H,29,30). The predicted octanol–water partition coefficient (Wildman–Crippen LogP) is 6.34. The lowest BCUT2D eigenvalue weighted by Crippen LogP contribution is -2.18. The maximum atomic E-state index is 12.8. The number of hydrogen-bond donors (Lipinski definition) is 2. The Morgan fingerprint density at radius 3 is 2.40 bits per heavy atom. The fourth-order valence-corrected chi connectivity index (χ4v) is 3.99. The minimum atomic E-state index is -4.51. The van der Waals surface area contributed by atoms with Gasteiger partial charge in [0.25, 0.3) is 5.91 Å². The van der Waals surface area contributed by atoms with Gasteiger partial charge in [0, 0.05) is 28.2 Å². The van der Waals surface area contributed by atoms with Gasteiger partial charge >= 0.3 is 6.18 Å². The number of anilines is 2. The molecule has 0 spiro atoms. The molecule has 1 aromatic carbocycles. The van der Waals surface area contributed by atoms with Crippen molar-refractivity contribution in [3.8, 4) is 0 Å². The molecule has 1 heterocycles. The van der Waals surface area contributed by atoms with Gasteiger partial charge in [0.2, 0.25) is 0 Å². The van der Waals surface area contributed by atoms with Crippen LogP contribution in [0.25, 0.3) is 0 Å². The zero-order valence-electron chi connectivity index (χ0n) is 16.5. The zero-order chi connectivity index (χ0) is 21.9. The highest BCUT2D eigenvalue weighted by Crippen LogP contribution is 2.40. The molecule has 0 radical (unpaired) electrons. The molecule has 3 N–H and O–H groups in total. The number of hydrogen-bond acceptors (Lipinski definition) is 3. The summed E-state index contributed by atoms with van der Waals surface area (Å²) in [5.74, 6) is -0.107. The SMILES string of the molecule is CCC(C(=O)Nc1ccc(Cl)cc1)=C1CCC(c2cnc(C(F)(F)F)cc2N)CC1. The summed E-state index contributed by atoms with van der Waals surface area (Å²) in [5.41, 5.74) is 8.18. The second-order valence-corrected chi connectivity index (χ2v) is 7.80. The molecule has 1 aliphatic rings. The van der Waals surface area contributed by atoms with Crippen molar-refractivity contribution in [1.82, 2.24) is 4.98 Å². The molecular formula is C22H23ClF3N3O. The summed E-state index contributed by atoms with van der Waals surface area (Å²) in [7, 11) is 0. The Balaban J connectivity index is 1.70. The van der Waals surface area contributed by atoms with Crippen molar-refractivity contribution in [3.63, 3.8) is 0 Å². The van der Waals surface area contributed by atoms with Gasteiger partial charge in [0.15, 0.2) is 0 Å². The van der Waals surface area contributed by atoms with Crippen molar-refractivity contribution in [2.75, 3.05) is 11.1 Å². The molecule has 3 rings (SSSR count). The number of aromatic nitrogens is 1. The van der Waals surface area contributed by atoms with Gasteiger partial charge in [0.05, 0.1) is 0 Å². The van der Waals surface area contributed by atoms with Gasteiger partial charge in [-0.1, -0.05) is 24.1 Å². The van der Waals surface area contributed by atoms with Crippen LogP contribution in [0.3, 0.4) is 0 Å². The molecular weight excluding hydrogens is 415 g/mol. The van der Waals surface area contributed by atoms with E-state index in [-0.39, 0.29) is 17.5 Å². The summed E-state index contributed by atoms with van der Waals surface area (Å²) in [6.45, 7) is 1.94. The first kappa shape index (κ1) is 22.2. The molecule has 1 aliphatic carbocycles. The minimum Gasteiger partial charge on any atom is -0.398 e. The summed E-state index contributed by atoms with van der Waals surface area (Å²) in [5, 5.41) is 3.49. The average Bonchev–Trinajstić information content (AvgIpc) is 2.70. The van der Waals surface area contributed by atoms with Crippen molar-refractivity contribution in [2.24, 2.45) is 0 Å². The van der Waals surface area contributed by atoms with Crippen LogP contribution in [0.5, 0.6) is 0 Å². The van der Waals surface area contributed by atoms with Crippen molar-refractivity contribution >= 4 is 28.9 Å². The number of nitrogen functional groups attached to an aromatic ring is 1. The first-order valence-electron chi connectivity index (χ1n) is 9.79. The molecule has 4 nitrogen and oxygen atoms in total.